The van der Waals surface area contributed by atoms with Gasteiger partial charge in [0.15, 0.2) is 0 Å². The lowest BCUT2D eigenvalue weighted by Gasteiger charge is -2.43. The smallest absolute Gasteiger partial charge is 0.347 e. The Morgan fingerprint density at radius 3 is 2.46 bits per heavy atom. The molecule has 2 aliphatic rings. The van der Waals surface area contributed by atoms with E-state index in [0.29, 0.717) is 39.1 Å². The highest BCUT2D eigenvalue weighted by Crippen LogP contribution is 2.35. The van der Waals surface area contributed by atoms with Crippen molar-refractivity contribution in [2.45, 2.75) is 24.6 Å². The van der Waals surface area contributed by atoms with Gasteiger partial charge in [-0.2, -0.15) is 13.2 Å². The average molecular weight is 370 g/mol. The van der Waals surface area contributed by atoms with Gasteiger partial charge in [-0.3, -0.25) is 9.59 Å². The summed E-state index contributed by atoms with van der Waals surface area (Å²) in [4.78, 5) is 27.4. The summed E-state index contributed by atoms with van der Waals surface area (Å²) in [5.41, 5.74) is 0.351. The number of carbonyl (C=O) groups excluding carboxylic acids is 2. The highest BCUT2D eigenvalue weighted by Gasteiger charge is 2.50. The molecule has 0 atom stereocenters. The molecule has 6 nitrogen and oxygen atoms in total. The molecular weight excluding hydrogens is 349 g/mol. The summed E-state index contributed by atoms with van der Waals surface area (Å²) in [7, 11) is 0. The Morgan fingerprint density at radius 2 is 1.85 bits per heavy atom. The summed E-state index contributed by atoms with van der Waals surface area (Å²) in [6.45, 7) is 1.87. The first kappa shape index (κ1) is 18.5. The number of halogens is 3. The van der Waals surface area contributed by atoms with Gasteiger partial charge < -0.3 is 20.4 Å². The van der Waals surface area contributed by atoms with Crippen LogP contribution in [0.1, 0.15) is 12.8 Å². The predicted molar refractivity (Wildman–Crippen MR) is 89.4 cm³/mol. The number of piperidine rings is 1. The van der Waals surface area contributed by atoms with Gasteiger partial charge in [-0.25, -0.2) is 0 Å². The molecule has 142 valence electrons. The quantitative estimate of drug-likeness (QED) is 0.833. The van der Waals surface area contributed by atoms with Crippen molar-refractivity contribution in [3.8, 4) is 0 Å². The van der Waals surface area contributed by atoms with Gasteiger partial charge in [0.1, 0.15) is 5.54 Å². The zero-order chi connectivity index (χ0) is 18.8. The number of para-hydroxylation sites is 1. The summed E-state index contributed by atoms with van der Waals surface area (Å²) in [5.74, 6) is -1.93. The minimum Gasteiger partial charge on any atom is -0.347 e. The minimum absolute atomic E-state index is 0.00798. The Bertz CT molecular complexity index is 658. The van der Waals surface area contributed by atoms with Gasteiger partial charge >= 0.3 is 12.1 Å². The van der Waals surface area contributed by atoms with Gasteiger partial charge in [0.05, 0.1) is 6.67 Å². The van der Waals surface area contributed by atoms with Gasteiger partial charge in [-0.05, 0) is 25.0 Å². The average Bonchev–Trinajstić information content (AvgIpc) is 2.93. The summed E-state index contributed by atoms with van der Waals surface area (Å²) < 4.78 is 36.6. The molecule has 2 N–H and O–H groups in total. The SMILES string of the molecule is O=C(NCCN1CCC2(CC1)C(=O)NCN2c1ccccc1)C(F)(F)F. The number of nitrogens with one attached hydrogen (secondary N) is 2. The zero-order valence-corrected chi connectivity index (χ0v) is 14.2. The first-order chi connectivity index (χ1) is 12.3. The van der Waals surface area contributed by atoms with Crippen LogP contribution in [0.4, 0.5) is 18.9 Å². The maximum Gasteiger partial charge on any atom is 0.471 e. The minimum atomic E-state index is -4.86. The first-order valence-electron chi connectivity index (χ1n) is 8.51. The van der Waals surface area contributed by atoms with Crippen LogP contribution in [0.15, 0.2) is 30.3 Å². The summed E-state index contributed by atoms with van der Waals surface area (Å²) >= 11 is 0. The van der Waals surface area contributed by atoms with Crippen LogP contribution in [0.25, 0.3) is 0 Å². The van der Waals surface area contributed by atoms with Gasteiger partial charge in [-0.15, -0.1) is 0 Å². The number of benzene rings is 1. The van der Waals surface area contributed by atoms with E-state index in [1.807, 2.05) is 40.5 Å². The number of anilines is 1. The molecule has 1 aromatic rings. The number of alkyl halides is 3. The molecule has 0 radical (unpaired) electrons. The summed E-state index contributed by atoms with van der Waals surface area (Å²) in [5, 5.41) is 4.78. The molecule has 26 heavy (non-hydrogen) atoms. The van der Waals surface area contributed by atoms with E-state index in [4.69, 9.17) is 0 Å². The molecule has 0 saturated carbocycles. The van der Waals surface area contributed by atoms with Crippen molar-refractivity contribution >= 4 is 17.5 Å². The highest BCUT2D eigenvalue weighted by molar-refractivity contribution is 5.93. The summed E-state index contributed by atoms with van der Waals surface area (Å²) in [6.07, 6.45) is -3.69. The Kier molecular flexibility index (Phi) is 5.08. The van der Waals surface area contributed by atoms with Crippen molar-refractivity contribution in [3.05, 3.63) is 30.3 Å². The topological polar surface area (TPSA) is 64.7 Å². The number of hydrogen-bond acceptors (Lipinski definition) is 4. The Hall–Kier alpha value is -2.29. The van der Waals surface area contributed by atoms with Crippen molar-refractivity contribution < 1.29 is 22.8 Å². The van der Waals surface area contributed by atoms with E-state index in [0.717, 1.165) is 5.69 Å². The Morgan fingerprint density at radius 1 is 1.19 bits per heavy atom. The number of amides is 2. The third-order valence-corrected chi connectivity index (χ3v) is 5.06. The lowest BCUT2D eigenvalue weighted by molar-refractivity contribution is -0.173. The molecular formula is C17H21F3N4O2. The fraction of sp³-hybridized carbons (Fsp3) is 0.529. The fourth-order valence-corrected chi connectivity index (χ4v) is 3.61. The Labute approximate surface area is 149 Å². The molecule has 9 heteroatoms. The number of rotatable bonds is 4. The largest absolute Gasteiger partial charge is 0.471 e. The normalized spacial score (nSPS) is 20.3. The number of carbonyl (C=O) groups is 2. The molecule has 0 bridgehead atoms. The van der Waals surface area contributed by atoms with Crippen LogP contribution in [-0.2, 0) is 9.59 Å². The molecule has 2 fully saturated rings. The maximum absolute atomic E-state index is 12.5. The lowest BCUT2D eigenvalue weighted by atomic mass is 9.85. The van der Waals surface area contributed by atoms with E-state index >= 15 is 0 Å². The molecule has 2 amide bonds. The number of likely N-dealkylation sites (tertiary alicyclic amines) is 1. The van der Waals surface area contributed by atoms with Crippen LogP contribution >= 0.6 is 0 Å². The van der Waals surface area contributed by atoms with Crippen LogP contribution in [0.5, 0.6) is 0 Å². The third-order valence-electron chi connectivity index (χ3n) is 5.06. The van der Waals surface area contributed by atoms with Crippen molar-refractivity contribution in [2.24, 2.45) is 0 Å². The van der Waals surface area contributed by atoms with Crippen molar-refractivity contribution in [1.82, 2.24) is 15.5 Å². The van der Waals surface area contributed by atoms with Crippen LogP contribution < -0.4 is 15.5 Å². The van der Waals surface area contributed by atoms with Gasteiger partial charge in [0.25, 0.3) is 0 Å². The van der Waals surface area contributed by atoms with Crippen LogP contribution in [0.3, 0.4) is 0 Å². The van der Waals surface area contributed by atoms with E-state index in [9.17, 15) is 22.8 Å². The molecule has 0 aliphatic carbocycles. The zero-order valence-electron chi connectivity index (χ0n) is 14.2. The van der Waals surface area contributed by atoms with Gasteiger partial charge in [0.2, 0.25) is 5.91 Å². The first-order valence-corrected chi connectivity index (χ1v) is 8.51. The van der Waals surface area contributed by atoms with E-state index in [1.54, 1.807) is 0 Å². The molecule has 1 aromatic carbocycles. The molecule has 2 saturated heterocycles. The van der Waals surface area contributed by atoms with E-state index in [-0.39, 0.29) is 12.5 Å². The van der Waals surface area contributed by atoms with E-state index in [2.05, 4.69) is 10.2 Å². The van der Waals surface area contributed by atoms with Crippen molar-refractivity contribution in [3.63, 3.8) is 0 Å². The standard InChI is InChI=1S/C17H21F3N4O2/c18-17(19,20)15(26)21-8-11-23-9-6-16(7-10-23)14(25)22-12-24(16)13-4-2-1-3-5-13/h1-5H,6-12H2,(H,21,26)(H,22,25). The number of nitrogens with zero attached hydrogens (tertiary/aromatic N) is 2. The molecule has 2 aliphatic heterocycles. The van der Waals surface area contributed by atoms with Crippen LogP contribution in [0, 0.1) is 0 Å². The van der Waals surface area contributed by atoms with Crippen molar-refractivity contribution in [1.29, 1.82) is 0 Å². The Balaban J connectivity index is 1.56. The van der Waals surface area contributed by atoms with Gasteiger partial charge in [0, 0.05) is 31.9 Å². The molecule has 3 rings (SSSR count). The van der Waals surface area contributed by atoms with E-state index in [1.165, 1.54) is 0 Å². The second-order valence-electron chi connectivity index (χ2n) is 6.55. The molecule has 2 heterocycles. The monoisotopic (exact) mass is 370 g/mol. The van der Waals surface area contributed by atoms with Crippen molar-refractivity contribution in [2.75, 3.05) is 37.7 Å². The maximum atomic E-state index is 12.5. The molecule has 1 spiro atoms. The molecule has 0 aromatic heterocycles. The fourth-order valence-electron chi connectivity index (χ4n) is 3.61. The van der Waals surface area contributed by atoms with Crippen LogP contribution in [-0.4, -0.2) is 61.3 Å². The van der Waals surface area contributed by atoms with Gasteiger partial charge in [-0.1, -0.05) is 18.2 Å². The second kappa shape index (κ2) is 7.14. The third kappa shape index (κ3) is 3.62. The predicted octanol–water partition coefficient (Wildman–Crippen LogP) is 1.09. The number of hydrogen-bond donors (Lipinski definition) is 2. The molecule has 0 unspecified atom stereocenters. The second-order valence-corrected chi connectivity index (χ2v) is 6.55. The van der Waals surface area contributed by atoms with E-state index < -0.39 is 17.6 Å². The van der Waals surface area contributed by atoms with Crippen LogP contribution in [0.2, 0.25) is 0 Å². The highest BCUT2D eigenvalue weighted by atomic mass is 19.4. The lowest BCUT2D eigenvalue weighted by Crippen LogP contribution is -2.57. The summed E-state index contributed by atoms with van der Waals surface area (Å²) in [6, 6.07) is 9.68.